The van der Waals surface area contributed by atoms with Crippen LogP contribution >= 0.6 is 0 Å². The quantitative estimate of drug-likeness (QED) is 0.422. The average molecular weight is 447 g/mol. The van der Waals surface area contributed by atoms with Crippen molar-refractivity contribution in [1.29, 1.82) is 0 Å². The molecule has 3 rings (SSSR count). The summed E-state index contributed by atoms with van der Waals surface area (Å²) < 4.78 is 0. The van der Waals surface area contributed by atoms with Crippen LogP contribution in [-0.2, 0) is 22.7 Å². The molecular formula is C25H34BN5O2. The fourth-order valence-electron chi connectivity index (χ4n) is 4.00. The third-order valence-corrected chi connectivity index (χ3v) is 5.83. The number of hydrazine groups is 1. The molecule has 0 aliphatic carbocycles. The van der Waals surface area contributed by atoms with Crippen molar-refractivity contribution >= 4 is 30.8 Å². The monoisotopic (exact) mass is 447 g/mol. The Labute approximate surface area is 198 Å². The highest BCUT2D eigenvalue weighted by molar-refractivity contribution is 6.32. The van der Waals surface area contributed by atoms with Gasteiger partial charge >= 0.3 is 0 Å². The highest BCUT2D eigenvalue weighted by Crippen LogP contribution is 2.24. The van der Waals surface area contributed by atoms with E-state index < -0.39 is 0 Å². The van der Waals surface area contributed by atoms with Crippen LogP contribution in [0, 0.1) is 6.92 Å². The van der Waals surface area contributed by atoms with Gasteiger partial charge in [-0.1, -0.05) is 55.7 Å². The molecule has 0 saturated carbocycles. The molecule has 0 atom stereocenters. The Bertz CT molecular complexity index is 956. The first-order chi connectivity index (χ1) is 15.7. The number of anilines is 1. The molecule has 174 valence electrons. The average Bonchev–Trinajstić information content (AvgIpc) is 3.20. The number of likely N-dealkylation sites (N-methyl/N-ethyl adjacent to an activating group) is 1. The molecule has 1 aliphatic rings. The lowest BCUT2D eigenvalue weighted by Crippen LogP contribution is -2.48. The van der Waals surface area contributed by atoms with Crippen molar-refractivity contribution < 1.29 is 9.59 Å². The van der Waals surface area contributed by atoms with Gasteiger partial charge in [0.2, 0.25) is 5.91 Å². The van der Waals surface area contributed by atoms with Gasteiger partial charge < -0.3 is 15.5 Å². The summed E-state index contributed by atoms with van der Waals surface area (Å²) in [5, 5.41) is 9.91. The van der Waals surface area contributed by atoms with Gasteiger partial charge in [0.15, 0.2) is 0 Å². The Morgan fingerprint density at radius 3 is 2.33 bits per heavy atom. The van der Waals surface area contributed by atoms with Crippen LogP contribution in [0.5, 0.6) is 0 Å². The minimum Gasteiger partial charge on any atom is -0.353 e. The summed E-state index contributed by atoms with van der Waals surface area (Å²) in [5.41, 5.74) is 4.87. The number of carbonyl (C=O) groups is 2. The van der Waals surface area contributed by atoms with Crippen molar-refractivity contribution in [2.45, 2.75) is 39.9 Å². The molecule has 1 aliphatic heterocycles. The third kappa shape index (κ3) is 6.82. The zero-order valence-electron chi connectivity index (χ0n) is 20.1. The summed E-state index contributed by atoms with van der Waals surface area (Å²) in [4.78, 5) is 27.7. The van der Waals surface area contributed by atoms with Crippen LogP contribution in [0.15, 0.2) is 42.5 Å². The van der Waals surface area contributed by atoms with E-state index in [1.807, 2.05) is 41.1 Å². The molecule has 2 aromatic rings. The van der Waals surface area contributed by atoms with Gasteiger partial charge in [0.1, 0.15) is 7.85 Å². The van der Waals surface area contributed by atoms with E-state index in [2.05, 4.69) is 36.6 Å². The van der Waals surface area contributed by atoms with Crippen molar-refractivity contribution in [1.82, 2.24) is 20.7 Å². The number of nitrogens with one attached hydrogen (secondary N) is 2. The number of benzene rings is 2. The summed E-state index contributed by atoms with van der Waals surface area (Å²) >= 11 is 0. The molecule has 0 unspecified atom stereocenters. The van der Waals surface area contributed by atoms with Crippen molar-refractivity contribution in [3.63, 3.8) is 0 Å². The van der Waals surface area contributed by atoms with E-state index in [1.165, 1.54) is 11.1 Å². The number of nitrogens with zero attached hydrogens (tertiary/aromatic N) is 3. The molecule has 1 heterocycles. The SMILES string of the molecule is [B]c1ccc(N(CC(=O)NCCNC(C)C)CC(=O)N(C)N2Cc3ccccc3C2)c(C)c1. The predicted octanol–water partition coefficient (Wildman–Crippen LogP) is 1.10. The lowest BCUT2D eigenvalue weighted by Gasteiger charge is -2.32. The molecular weight excluding hydrogens is 413 g/mol. The summed E-state index contributed by atoms with van der Waals surface area (Å²) in [7, 11) is 7.71. The second-order valence-corrected chi connectivity index (χ2v) is 8.87. The molecule has 0 saturated heterocycles. The predicted molar refractivity (Wildman–Crippen MR) is 133 cm³/mol. The van der Waals surface area contributed by atoms with Crippen LogP contribution in [0.2, 0.25) is 0 Å². The molecule has 0 spiro atoms. The van der Waals surface area contributed by atoms with Crippen molar-refractivity contribution in [2.24, 2.45) is 0 Å². The number of hydrogen-bond acceptors (Lipinski definition) is 5. The Morgan fingerprint density at radius 1 is 1.06 bits per heavy atom. The van der Waals surface area contributed by atoms with Crippen molar-refractivity contribution in [3.8, 4) is 0 Å². The fraction of sp³-hybridized carbons (Fsp3) is 0.440. The number of fused-ring (bicyclic) bond motifs is 1. The number of carbonyl (C=O) groups excluding carboxylic acids is 2. The topological polar surface area (TPSA) is 67.9 Å². The Balaban J connectivity index is 1.67. The number of aryl methyl sites for hydroxylation is 1. The van der Waals surface area contributed by atoms with E-state index in [4.69, 9.17) is 7.85 Å². The van der Waals surface area contributed by atoms with Crippen LogP contribution < -0.4 is 21.0 Å². The minimum absolute atomic E-state index is 0.0756. The van der Waals surface area contributed by atoms with Gasteiger partial charge in [-0.25, -0.2) is 5.01 Å². The normalized spacial score (nSPS) is 13.1. The van der Waals surface area contributed by atoms with Gasteiger partial charge in [0.05, 0.1) is 13.1 Å². The highest BCUT2D eigenvalue weighted by atomic mass is 16.2. The standard InChI is InChI=1S/C25H34BN5O2/c1-18(2)27-11-12-28-24(32)16-30(23-10-9-22(26)13-19(23)3)17-25(33)29(4)31-14-20-7-5-6-8-21(20)15-31/h5-10,13,18,27H,11-12,14-17H2,1-4H3,(H,28,32). The molecule has 0 aromatic heterocycles. The second-order valence-electron chi connectivity index (χ2n) is 8.87. The fourth-order valence-corrected chi connectivity index (χ4v) is 4.00. The maximum Gasteiger partial charge on any atom is 0.256 e. The first-order valence-corrected chi connectivity index (χ1v) is 11.4. The molecule has 33 heavy (non-hydrogen) atoms. The highest BCUT2D eigenvalue weighted by Gasteiger charge is 2.26. The molecule has 0 bridgehead atoms. The first-order valence-electron chi connectivity index (χ1n) is 11.4. The maximum atomic E-state index is 13.2. The summed E-state index contributed by atoms with van der Waals surface area (Å²) in [6, 6.07) is 14.1. The lowest BCUT2D eigenvalue weighted by atomic mass is 9.94. The van der Waals surface area contributed by atoms with E-state index in [0.717, 1.165) is 11.3 Å². The number of hydrogen-bond donors (Lipinski definition) is 2. The Kier molecular flexibility index (Phi) is 8.52. The van der Waals surface area contributed by atoms with E-state index in [0.29, 0.717) is 37.7 Å². The van der Waals surface area contributed by atoms with Gasteiger partial charge in [-0.2, -0.15) is 0 Å². The molecule has 2 aromatic carbocycles. The van der Waals surface area contributed by atoms with Crippen LogP contribution in [0.4, 0.5) is 5.69 Å². The Hall–Kier alpha value is -2.84. The largest absolute Gasteiger partial charge is 0.353 e. The second kappa shape index (κ2) is 11.3. The first kappa shape index (κ1) is 24.8. The van der Waals surface area contributed by atoms with Crippen molar-refractivity contribution in [2.75, 3.05) is 38.1 Å². The Morgan fingerprint density at radius 2 is 1.73 bits per heavy atom. The van der Waals surface area contributed by atoms with Gasteiger partial charge in [0, 0.05) is 45.0 Å². The summed E-state index contributed by atoms with van der Waals surface area (Å²) in [6.45, 7) is 8.87. The van der Waals surface area contributed by atoms with E-state index in [-0.39, 0.29) is 24.9 Å². The smallest absolute Gasteiger partial charge is 0.256 e. The van der Waals surface area contributed by atoms with Gasteiger partial charge in [-0.3, -0.25) is 14.6 Å². The molecule has 8 heteroatoms. The number of amides is 2. The van der Waals surface area contributed by atoms with E-state index >= 15 is 0 Å². The molecule has 2 amide bonds. The van der Waals surface area contributed by atoms with E-state index in [9.17, 15) is 9.59 Å². The van der Waals surface area contributed by atoms with Gasteiger partial charge in [-0.05, 0) is 29.7 Å². The molecule has 2 N–H and O–H groups in total. The van der Waals surface area contributed by atoms with Gasteiger partial charge in [0.25, 0.3) is 5.91 Å². The lowest BCUT2D eigenvalue weighted by molar-refractivity contribution is -0.145. The van der Waals surface area contributed by atoms with Crippen LogP contribution in [0.1, 0.15) is 30.5 Å². The summed E-state index contributed by atoms with van der Waals surface area (Å²) in [6.07, 6.45) is 0. The van der Waals surface area contributed by atoms with Crippen LogP contribution in [0.3, 0.4) is 0 Å². The van der Waals surface area contributed by atoms with Crippen LogP contribution in [-0.4, -0.2) is 68.9 Å². The van der Waals surface area contributed by atoms with Crippen molar-refractivity contribution in [3.05, 3.63) is 59.2 Å². The van der Waals surface area contributed by atoms with E-state index in [1.54, 1.807) is 18.1 Å². The molecule has 0 fully saturated rings. The number of rotatable bonds is 10. The summed E-state index contributed by atoms with van der Waals surface area (Å²) in [5.74, 6) is -0.200. The molecule has 7 nitrogen and oxygen atoms in total. The van der Waals surface area contributed by atoms with Crippen LogP contribution in [0.25, 0.3) is 0 Å². The third-order valence-electron chi connectivity index (χ3n) is 5.83. The minimum atomic E-state index is -0.124. The van der Waals surface area contributed by atoms with Gasteiger partial charge in [-0.15, -0.1) is 0 Å². The zero-order valence-corrected chi connectivity index (χ0v) is 20.1. The maximum absolute atomic E-state index is 13.2. The molecule has 2 radical (unpaired) electrons. The zero-order chi connectivity index (χ0) is 24.0.